The number of benzene rings is 2. The van der Waals surface area contributed by atoms with Gasteiger partial charge >= 0.3 is 0 Å². The van der Waals surface area contributed by atoms with E-state index in [-0.39, 0.29) is 5.91 Å². The molecule has 1 N–H and O–H groups in total. The van der Waals surface area contributed by atoms with Crippen molar-refractivity contribution in [1.82, 2.24) is 19.8 Å². The number of aromatic nitrogens is 4. The molecule has 2 aromatic carbocycles. The SMILES string of the molecule is Cc1cccc(CC(=O)Nc2cccc(-c3ccc4nnc(-c5cccs5)n4n3)c2)c1. The van der Waals surface area contributed by atoms with Crippen LogP contribution < -0.4 is 5.32 Å². The fraction of sp³-hybridized carbons (Fsp3) is 0.0833. The third-order valence-electron chi connectivity index (χ3n) is 4.89. The Kier molecular flexibility index (Phi) is 5.01. The van der Waals surface area contributed by atoms with Crippen molar-refractivity contribution < 1.29 is 4.79 Å². The summed E-state index contributed by atoms with van der Waals surface area (Å²) in [4.78, 5) is 13.5. The van der Waals surface area contributed by atoms with E-state index in [9.17, 15) is 4.79 Å². The van der Waals surface area contributed by atoms with Gasteiger partial charge < -0.3 is 5.32 Å². The summed E-state index contributed by atoms with van der Waals surface area (Å²) in [7, 11) is 0. The van der Waals surface area contributed by atoms with Crippen molar-refractivity contribution in [2.45, 2.75) is 13.3 Å². The topological polar surface area (TPSA) is 72.2 Å². The molecule has 0 radical (unpaired) electrons. The maximum absolute atomic E-state index is 12.5. The predicted molar refractivity (Wildman–Crippen MR) is 123 cm³/mol. The molecule has 6 nitrogen and oxygen atoms in total. The monoisotopic (exact) mass is 425 g/mol. The van der Waals surface area contributed by atoms with E-state index >= 15 is 0 Å². The molecule has 0 fully saturated rings. The van der Waals surface area contributed by atoms with Crippen molar-refractivity contribution in [3.8, 4) is 22.0 Å². The van der Waals surface area contributed by atoms with Crippen LogP contribution in [0.5, 0.6) is 0 Å². The van der Waals surface area contributed by atoms with E-state index in [0.717, 1.165) is 38.8 Å². The fourth-order valence-electron chi connectivity index (χ4n) is 3.47. The molecular weight excluding hydrogens is 406 g/mol. The highest BCUT2D eigenvalue weighted by atomic mass is 32.1. The minimum Gasteiger partial charge on any atom is -0.326 e. The van der Waals surface area contributed by atoms with Crippen LogP contribution in [0.15, 0.2) is 78.2 Å². The van der Waals surface area contributed by atoms with Crippen molar-refractivity contribution in [3.63, 3.8) is 0 Å². The van der Waals surface area contributed by atoms with Crippen LogP contribution in [0.25, 0.3) is 27.6 Å². The minimum absolute atomic E-state index is 0.0510. The van der Waals surface area contributed by atoms with Gasteiger partial charge in [-0.1, -0.05) is 48.0 Å². The Morgan fingerprint density at radius 2 is 1.90 bits per heavy atom. The number of anilines is 1. The summed E-state index contributed by atoms with van der Waals surface area (Å²) in [6.07, 6.45) is 0.334. The van der Waals surface area contributed by atoms with Gasteiger partial charge in [0.1, 0.15) is 0 Å². The van der Waals surface area contributed by atoms with Gasteiger partial charge in [0.05, 0.1) is 17.0 Å². The van der Waals surface area contributed by atoms with Gasteiger partial charge in [-0.3, -0.25) is 4.79 Å². The number of amides is 1. The molecule has 0 unspecified atom stereocenters. The summed E-state index contributed by atoms with van der Waals surface area (Å²) in [5, 5.41) is 18.2. The molecule has 31 heavy (non-hydrogen) atoms. The second-order valence-corrected chi connectivity index (χ2v) is 8.23. The van der Waals surface area contributed by atoms with Crippen LogP contribution in [-0.4, -0.2) is 25.7 Å². The standard InChI is InChI=1S/C24H19N5OS/c1-16-5-2-6-17(13-16)14-23(30)25-19-8-3-7-18(15-19)20-10-11-22-26-27-24(29(22)28-20)21-9-4-12-31-21/h2-13,15H,14H2,1H3,(H,25,30). The lowest BCUT2D eigenvalue weighted by molar-refractivity contribution is -0.115. The highest BCUT2D eigenvalue weighted by Crippen LogP contribution is 2.25. The molecule has 0 atom stereocenters. The summed E-state index contributed by atoms with van der Waals surface area (Å²) in [5.41, 5.74) is 5.24. The Morgan fingerprint density at radius 1 is 1.00 bits per heavy atom. The molecule has 0 saturated carbocycles. The highest BCUT2D eigenvalue weighted by Gasteiger charge is 2.12. The van der Waals surface area contributed by atoms with Gasteiger partial charge in [-0.05, 0) is 48.2 Å². The third kappa shape index (κ3) is 4.08. The molecule has 5 aromatic rings. The molecule has 5 rings (SSSR count). The van der Waals surface area contributed by atoms with Gasteiger partial charge in [0.2, 0.25) is 5.91 Å². The Hall–Kier alpha value is -3.84. The first-order valence-corrected chi connectivity index (χ1v) is 10.8. The van der Waals surface area contributed by atoms with Gasteiger partial charge in [0.25, 0.3) is 0 Å². The molecule has 0 aliphatic heterocycles. The Morgan fingerprint density at radius 3 is 2.74 bits per heavy atom. The number of rotatable bonds is 5. The lowest BCUT2D eigenvalue weighted by Gasteiger charge is -2.08. The van der Waals surface area contributed by atoms with Gasteiger partial charge in [-0.25, -0.2) is 0 Å². The van der Waals surface area contributed by atoms with E-state index in [1.807, 2.05) is 85.1 Å². The van der Waals surface area contributed by atoms with Crippen molar-refractivity contribution in [2.24, 2.45) is 0 Å². The van der Waals surface area contributed by atoms with Gasteiger partial charge in [0.15, 0.2) is 11.5 Å². The highest BCUT2D eigenvalue weighted by molar-refractivity contribution is 7.13. The molecule has 1 amide bonds. The maximum Gasteiger partial charge on any atom is 0.228 e. The Labute approximate surface area is 183 Å². The third-order valence-corrected chi connectivity index (χ3v) is 5.76. The summed E-state index contributed by atoms with van der Waals surface area (Å²) in [5.74, 6) is 0.666. The van der Waals surface area contributed by atoms with E-state index in [1.54, 1.807) is 15.9 Å². The van der Waals surface area contributed by atoms with Crippen molar-refractivity contribution >= 4 is 28.6 Å². The molecule has 152 valence electrons. The number of fused-ring (bicyclic) bond motifs is 1. The van der Waals surface area contributed by atoms with Crippen LogP contribution in [0, 0.1) is 6.92 Å². The fourth-order valence-corrected chi connectivity index (χ4v) is 4.16. The first-order chi connectivity index (χ1) is 15.2. The number of carbonyl (C=O) groups excluding carboxylic acids is 1. The van der Waals surface area contributed by atoms with Crippen molar-refractivity contribution in [1.29, 1.82) is 0 Å². The largest absolute Gasteiger partial charge is 0.326 e. The number of nitrogens with one attached hydrogen (secondary N) is 1. The zero-order chi connectivity index (χ0) is 21.2. The molecule has 3 heterocycles. The number of aryl methyl sites for hydroxylation is 1. The van der Waals surface area contributed by atoms with Crippen LogP contribution in [-0.2, 0) is 11.2 Å². The number of hydrogen-bond donors (Lipinski definition) is 1. The van der Waals surface area contributed by atoms with Crippen LogP contribution in [0.4, 0.5) is 5.69 Å². The van der Waals surface area contributed by atoms with Gasteiger partial charge in [0, 0.05) is 11.3 Å². The number of nitrogens with zero attached hydrogens (tertiary/aromatic N) is 4. The van der Waals surface area contributed by atoms with Gasteiger partial charge in [-0.2, -0.15) is 9.61 Å². The average molecular weight is 426 g/mol. The van der Waals surface area contributed by atoms with Gasteiger partial charge in [-0.15, -0.1) is 21.5 Å². The van der Waals surface area contributed by atoms with Crippen LogP contribution in [0.1, 0.15) is 11.1 Å². The van der Waals surface area contributed by atoms with E-state index in [0.29, 0.717) is 12.1 Å². The van der Waals surface area contributed by atoms with Crippen LogP contribution in [0.2, 0.25) is 0 Å². The summed E-state index contributed by atoms with van der Waals surface area (Å²) < 4.78 is 1.75. The molecule has 0 saturated heterocycles. The van der Waals surface area contributed by atoms with Crippen LogP contribution >= 0.6 is 11.3 Å². The lowest BCUT2D eigenvalue weighted by atomic mass is 10.1. The quantitative estimate of drug-likeness (QED) is 0.430. The van der Waals surface area contributed by atoms with E-state index in [4.69, 9.17) is 5.10 Å². The minimum atomic E-state index is -0.0510. The predicted octanol–water partition coefficient (Wildman–Crippen LogP) is 5.01. The van der Waals surface area contributed by atoms with E-state index in [2.05, 4.69) is 15.5 Å². The molecule has 0 spiro atoms. The average Bonchev–Trinajstić information content (AvgIpc) is 3.43. The number of carbonyl (C=O) groups is 1. The first-order valence-electron chi connectivity index (χ1n) is 9.88. The Bertz CT molecular complexity index is 1370. The second-order valence-electron chi connectivity index (χ2n) is 7.28. The number of thiophene rings is 1. The first kappa shape index (κ1) is 19.1. The van der Waals surface area contributed by atoms with E-state index in [1.165, 1.54) is 0 Å². The zero-order valence-corrected chi connectivity index (χ0v) is 17.6. The molecule has 0 aliphatic rings. The lowest BCUT2D eigenvalue weighted by Crippen LogP contribution is -2.14. The second kappa shape index (κ2) is 8.12. The molecule has 7 heteroatoms. The van der Waals surface area contributed by atoms with Crippen molar-refractivity contribution in [3.05, 3.63) is 89.3 Å². The summed E-state index contributed by atoms with van der Waals surface area (Å²) >= 11 is 1.60. The summed E-state index contributed by atoms with van der Waals surface area (Å²) in [6, 6.07) is 23.5. The smallest absolute Gasteiger partial charge is 0.228 e. The molecular formula is C24H19N5OS. The maximum atomic E-state index is 12.5. The molecule has 0 bridgehead atoms. The summed E-state index contributed by atoms with van der Waals surface area (Å²) in [6.45, 7) is 2.02. The van der Waals surface area contributed by atoms with Crippen molar-refractivity contribution in [2.75, 3.05) is 5.32 Å². The number of hydrogen-bond acceptors (Lipinski definition) is 5. The zero-order valence-electron chi connectivity index (χ0n) is 16.8. The van der Waals surface area contributed by atoms with Crippen LogP contribution in [0.3, 0.4) is 0 Å². The normalized spacial score (nSPS) is 11.0. The van der Waals surface area contributed by atoms with E-state index < -0.39 is 0 Å². The molecule has 3 aromatic heterocycles. The molecule has 0 aliphatic carbocycles. The Balaban J connectivity index is 1.40.